The average Bonchev–Trinajstić information content (AvgIpc) is 3.03. The van der Waals surface area contributed by atoms with Gasteiger partial charge in [0.25, 0.3) is 11.5 Å². The molecule has 1 aromatic heterocycles. The number of H-pyrrole nitrogens is 1. The molecule has 1 saturated heterocycles. The zero-order chi connectivity index (χ0) is 23.6. The standard InChI is InChI=1S/C24H29N5O4/c1-3-15-8-10-24(11-9-15)22(32)29(23(33)28-24)14-20(31)25-18-7-5-6-16(12-18)21-26-17(4-2)13-19(30)27-21/h5-7,12-13,15H,3-4,8-11,14H2,1-2H3,(H,25,31)(H,28,33)(H,26,27,30). The maximum absolute atomic E-state index is 13.0. The Balaban J connectivity index is 1.44. The van der Waals surface area contributed by atoms with Gasteiger partial charge in [0.2, 0.25) is 5.91 Å². The van der Waals surface area contributed by atoms with Gasteiger partial charge in [-0.1, -0.05) is 32.4 Å². The van der Waals surface area contributed by atoms with Crippen molar-refractivity contribution in [3.05, 3.63) is 46.4 Å². The first-order valence-electron chi connectivity index (χ1n) is 11.5. The van der Waals surface area contributed by atoms with E-state index in [0.29, 0.717) is 47.9 Å². The fourth-order valence-corrected chi connectivity index (χ4v) is 4.65. The van der Waals surface area contributed by atoms with Crippen LogP contribution in [-0.4, -0.2) is 44.8 Å². The summed E-state index contributed by atoms with van der Waals surface area (Å²) in [4.78, 5) is 58.2. The molecule has 9 nitrogen and oxygen atoms in total. The normalized spacial score (nSPS) is 22.5. The smallest absolute Gasteiger partial charge is 0.325 e. The number of hydrogen-bond donors (Lipinski definition) is 3. The number of anilines is 1. The highest BCUT2D eigenvalue weighted by Gasteiger charge is 2.52. The van der Waals surface area contributed by atoms with E-state index < -0.39 is 17.5 Å². The van der Waals surface area contributed by atoms with Gasteiger partial charge in [-0.05, 0) is 50.2 Å². The lowest BCUT2D eigenvalue weighted by atomic mass is 9.75. The van der Waals surface area contributed by atoms with Crippen LogP contribution in [0.25, 0.3) is 11.4 Å². The van der Waals surface area contributed by atoms with Gasteiger partial charge in [0.05, 0.1) is 0 Å². The molecule has 1 saturated carbocycles. The number of imide groups is 1. The number of benzene rings is 1. The quantitative estimate of drug-likeness (QED) is 0.583. The summed E-state index contributed by atoms with van der Waals surface area (Å²) < 4.78 is 0. The van der Waals surface area contributed by atoms with Crippen molar-refractivity contribution in [3.8, 4) is 11.4 Å². The number of carbonyl (C=O) groups excluding carboxylic acids is 3. The summed E-state index contributed by atoms with van der Waals surface area (Å²) >= 11 is 0. The third-order valence-corrected chi connectivity index (χ3v) is 6.66. The summed E-state index contributed by atoms with van der Waals surface area (Å²) in [5.41, 5.74) is 0.676. The molecule has 2 aromatic rings. The number of aryl methyl sites for hydroxylation is 1. The maximum Gasteiger partial charge on any atom is 0.325 e. The molecule has 1 aromatic carbocycles. The van der Waals surface area contributed by atoms with Crippen LogP contribution in [0.4, 0.5) is 10.5 Å². The zero-order valence-electron chi connectivity index (χ0n) is 18.9. The molecule has 1 aliphatic heterocycles. The molecule has 9 heteroatoms. The van der Waals surface area contributed by atoms with Crippen molar-refractivity contribution in [1.82, 2.24) is 20.2 Å². The lowest BCUT2D eigenvalue weighted by Gasteiger charge is -2.34. The summed E-state index contributed by atoms with van der Waals surface area (Å²) in [5, 5.41) is 5.58. The molecular weight excluding hydrogens is 422 g/mol. The van der Waals surface area contributed by atoms with Crippen LogP contribution in [-0.2, 0) is 16.0 Å². The van der Waals surface area contributed by atoms with E-state index in [1.54, 1.807) is 24.3 Å². The molecule has 2 heterocycles. The van der Waals surface area contributed by atoms with Gasteiger partial charge in [-0.15, -0.1) is 0 Å². The van der Waals surface area contributed by atoms with E-state index in [4.69, 9.17) is 0 Å². The van der Waals surface area contributed by atoms with Crippen LogP contribution < -0.4 is 16.2 Å². The van der Waals surface area contributed by atoms with Gasteiger partial charge in [0.15, 0.2) is 0 Å². The molecule has 174 valence electrons. The molecule has 4 rings (SSSR count). The highest BCUT2D eigenvalue weighted by Crippen LogP contribution is 2.37. The van der Waals surface area contributed by atoms with Gasteiger partial charge in [-0.25, -0.2) is 9.78 Å². The molecular formula is C24H29N5O4. The SMILES string of the molecule is CCc1cc(=O)[nH]c(-c2cccc(NC(=O)CN3C(=O)NC4(CCC(CC)CC4)C3=O)c2)n1. The van der Waals surface area contributed by atoms with E-state index >= 15 is 0 Å². The molecule has 1 aliphatic carbocycles. The molecule has 4 amide bonds. The molecule has 3 N–H and O–H groups in total. The first-order valence-corrected chi connectivity index (χ1v) is 11.5. The second-order valence-electron chi connectivity index (χ2n) is 8.82. The lowest BCUT2D eigenvalue weighted by molar-refractivity contribution is -0.135. The third kappa shape index (κ3) is 4.67. The van der Waals surface area contributed by atoms with Crippen LogP contribution in [0.1, 0.15) is 51.6 Å². The number of aromatic amines is 1. The minimum atomic E-state index is -0.870. The summed E-state index contributed by atoms with van der Waals surface area (Å²) in [7, 11) is 0. The van der Waals surface area contributed by atoms with Crippen LogP contribution in [0.5, 0.6) is 0 Å². The highest BCUT2D eigenvalue weighted by atomic mass is 16.2. The Labute approximate surface area is 192 Å². The number of nitrogens with zero attached hydrogens (tertiary/aromatic N) is 2. The van der Waals surface area contributed by atoms with E-state index in [1.807, 2.05) is 6.92 Å². The van der Waals surface area contributed by atoms with E-state index in [0.717, 1.165) is 24.2 Å². The molecule has 0 radical (unpaired) electrons. The van der Waals surface area contributed by atoms with E-state index in [9.17, 15) is 19.2 Å². The Morgan fingerprint density at radius 3 is 2.64 bits per heavy atom. The Hall–Kier alpha value is -3.49. The third-order valence-electron chi connectivity index (χ3n) is 6.66. The van der Waals surface area contributed by atoms with Gasteiger partial charge in [-0.2, -0.15) is 0 Å². The van der Waals surface area contributed by atoms with Crippen LogP contribution in [0.2, 0.25) is 0 Å². The minimum absolute atomic E-state index is 0.244. The average molecular weight is 452 g/mol. The Bertz CT molecular complexity index is 1130. The molecule has 2 aliphatic rings. The van der Waals surface area contributed by atoms with E-state index in [-0.39, 0.29) is 18.0 Å². The van der Waals surface area contributed by atoms with Crippen molar-refractivity contribution in [1.29, 1.82) is 0 Å². The van der Waals surface area contributed by atoms with Gasteiger partial charge in [-0.3, -0.25) is 19.3 Å². The molecule has 1 spiro atoms. The number of nitrogens with one attached hydrogen (secondary N) is 3. The number of hydrogen-bond acceptors (Lipinski definition) is 5. The fraction of sp³-hybridized carbons (Fsp3) is 0.458. The topological polar surface area (TPSA) is 124 Å². The second kappa shape index (κ2) is 9.17. The highest BCUT2D eigenvalue weighted by molar-refractivity contribution is 6.10. The Morgan fingerprint density at radius 2 is 1.94 bits per heavy atom. The maximum atomic E-state index is 13.0. The van der Waals surface area contributed by atoms with Crippen LogP contribution in [0.3, 0.4) is 0 Å². The van der Waals surface area contributed by atoms with Crippen molar-refractivity contribution >= 4 is 23.5 Å². The molecule has 2 fully saturated rings. The number of amides is 4. The minimum Gasteiger partial charge on any atom is -0.325 e. The molecule has 0 bridgehead atoms. The van der Waals surface area contributed by atoms with Crippen molar-refractivity contribution in [2.24, 2.45) is 5.92 Å². The summed E-state index contributed by atoms with van der Waals surface area (Å²) in [6, 6.07) is 7.84. The van der Waals surface area contributed by atoms with Crippen molar-refractivity contribution < 1.29 is 14.4 Å². The fourth-order valence-electron chi connectivity index (χ4n) is 4.65. The van der Waals surface area contributed by atoms with Crippen LogP contribution in [0, 0.1) is 5.92 Å². The van der Waals surface area contributed by atoms with Gasteiger partial charge < -0.3 is 15.6 Å². The summed E-state index contributed by atoms with van der Waals surface area (Å²) in [5.74, 6) is 0.199. The van der Waals surface area contributed by atoms with Crippen LogP contribution in [0.15, 0.2) is 35.1 Å². The summed E-state index contributed by atoms with van der Waals surface area (Å²) in [6.07, 6.45) is 4.70. The van der Waals surface area contributed by atoms with E-state index in [1.165, 1.54) is 6.07 Å². The van der Waals surface area contributed by atoms with Gasteiger partial charge >= 0.3 is 6.03 Å². The largest absolute Gasteiger partial charge is 0.325 e. The van der Waals surface area contributed by atoms with Crippen molar-refractivity contribution in [3.63, 3.8) is 0 Å². The predicted octanol–water partition coefficient (Wildman–Crippen LogP) is 2.83. The number of carbonyl (C=O) groups is 3. The molecule has 0 atom stereocenters. The van der Waals surface area contributed by atoms with Crippen LogP contribution >= 0.6 is 0 Å². The lowest BCUT2D eigenvalue weighted by Crippen LogP contribution is -2.49. The number of urea groups is 1. The number of aromatic nitrogens is 2. The van der Waals surface area contributed by atoms with E-state index in [2.05, 4.69) is 27.5 Å². The Morgan fingerprint density at radius 1 is 1.18 bits per heavy atom. The number of rotatable bonds is 6. The van der Waals surface area contributed by atoms with Crippen molar-refractivity contribution in [2.75, 3.05) is 11.9 Å². The summed E-state index contributed by atoms with van der Waals surface area (Å²) in [6.45, 7) is 3.70. The van der Waals surface area contributed by atoms with Gasteiger partial charge in [0, 0.05) is 23.0 Å². The Kier molecular flexibility index (Phi) is 6.31. The second-order valence-corrected chi connectivity index (χ2v) is 8.82. The monoisotopic (exact) mass is 451 g/mol. The molecule has 0 unspecified atom stereocenters. The zero-order valence-corrected chi connectivity index (χ0v) is 18.9. The predicted molar refractivity (Wildman–Crippen MR) is 124 cm³/mol. The van der Waals surface area contributed by atoms with Gasteiger partial charge in [0.1, 0.15) is 17.9 Å². The molecule has 33 heavy (non-hydrogen) atoms. The first-order chi connectivity index (χ1) is 15.8. The van der Waals surface area contributed by atoms with Crippen molar-refractivity contribution in [2.45, 2.75) is 57.9 Å². The first kappa shape index (κ1) is 22.7.